The predicted molar refractivity (Wildman–Crippen MR) is 79.8 cm³/mol. The number of rotatable bonds is 6. The lowest BCUT2D eigenvalue weighted by Crippen LogP contribution is -2.29. The first-order valence-electron chi connectivity index (χ1n) is 7.35. The van der Waals surface area contributed by atoms with Gasteiger partial charge in [0.15, 0.2) is 0 Å². The van der Waals surface area contributed by atoms with Crippen LogP contribution in [0.5, 0.6) is 5.75 Å². The molecule has 20 heavy (non-hydrogen) atoms. The highest BCUT2D eigenvalue weighted by Gasteiger charge is 2.16. The normalized spacial score (nSPS) is 19.6. The molecule has 2 rings (SSSR count). The first kappa shape index (κ1) is 14.9. The van der Waals surface area contributed by atoms with Gasteiger partial charge in [0.25, 0.3) is 0 Å². The van der Waals surface area contributed by atoms with Crippen molar-refractivity contribution < 1.29 is 9.53 Å². The molecule has 1 saturated heterocycles. The second-order valence-electron chi connectivity index (χ2n) is 5.40. The Bertz CT molecular complexity index is 442. The molecule has 1 heterocycles. The Morgan fingerprint density at radius 3 is 3.10 bits per heavy atom. The lowest BCUT2D eigenvalue weighted by atomic mass is 10.1. The Labute approximate surface area is 120 Å². The molecular formula is C16H24N2O2. The van der Waals surface area contributed by atoms with Crippen molar-refractivity contribution >= 4 is 5.91 Å². The van der Waals surface area contributed by atoms with Gasteiger partial charge in [0.05, 0.1) is 13.2 Å². The summed E-state index contributed by atoms with van der Waals surface area (Å²) in [7, 11) is 1.65. The molecule has 4 heteroatoms. The van der Waals surface area contributed by atoms with Crippen molar-refractivity contribution in [3.63, 3.8) is 0 Å². The molecule has 1 fully saturated rings. The van der Waals surface area contributed by atoms with Gasteiger partial charge in [0.1, 0.15) is 5.75 Å². The fourth-order valence-corrected chi connectivity index (χ4v) is 2.62. The zero-order chi connectivity index (χ0) is 14.4. The minimum Gasteiger partial charge on any atom is -0.497 e. The van der Waals surface area contributed by atoms with E-state index < -0.39 is 0 Å². The number of benzene rings is 1. The maximum atomic E-state index is 12.0. The van der Waals surface area contributed by atoms with Gasteiger partial charge >= 0.3 is 0 Å². The molecule has 2 unspecified atom stereocenters. The zero-order valence-electron chi connectivity index (χ0n) is 12.3. The van der Waals surface area contributed by atoms with E-state index in [1.807, 2.05) is 31.2 Å². The third-order valence-corrected chi connectivity index (χ3v) is 3.85. The summed E-state index contributed by atoms with van der Waals surface area (Å²) in [5, 5.41) is 6.46. The van der Waals surface area contributed by atoms with Crippen LogP contribution in [0.4, 0.5) is 0 Å². The molecule has 4 nitrogen and oxygen atoms in total. The van der Waals surface area contributed by atoms with Gasteiger partial charge in [-0.25, -0.2) is 0 Å². The van der Waals surface area contributed by atoms with Crippen molar-refractivity contribution in [2.45, 2.75) is 44.7 Å². The summed E-state index contributed by atoms with van der Waals surface area (Å²) in [5.41, 5.74) is 1.07. The van der Waals surface area contributed by atoms with Crippen LogP contribution in [0.2, 0.25) is 0 Å². The number of methoxy groups -OCH3 is 1. The molecule has 0 spiro atoms. The molecule has 1 aromatic rings. The number of ether oxygens (including phenoxy) is 1. The molecule has 1 aliphatic heterocycles. The minimum absolute atomic E-state index is 0.00846. The Hall–Kier alpha value is -1.55. The van der Waals surface area contributed by atoms with Crippen LogP contribution in [0.3, 0.4) is 0 Å². The Kier molecular flexibility index (Phi) is 5.41. The molecular weight excluding hydrogens is 252 g/mol. The topological polar surface area (TPSA) is 50.4 Å². The zero-order valence-corrected chi connectivity index (χ0v) is 12.3. The molecule has 0 aromatic heterocycles. The molecule has 0 aliphatic carbocycles. The lowest BCUT2D eigenvalue weighted by molar-refractivity contribution is -0.121. The molecule has 0 bridgehead atoms. The van der Waals surface area contributed by atoms with Crippen molar-refractivity contribution in [1.29, 1.82) is 0 Å². The summed E-state index contributed by atoms with van der Waals surface area (Å²) in [6.45, 7) is 3.09. The summed E-state index contributed by atoms with van der Waals surface area (Å²) < 4.78 is 5.20. The van der Waals surface area contributed by atoms with Crippen molar-refractivity contribution in [3.05, 3.63) is 29.8 Å². The second-order valence-corrected chi connectivity index (χ2v) is 5.40. The minimum atomic E-state index is 0.00846. The average Bonchev–Trinajstić information content (AvgIpc) is 2.98. The van der Waals surface area contributed by atoms with Gasteiger partial charge in [-0.15, -0.1) is 0 Å². The number of carbonyl (C=O) groups excluding carboxylic acids is 1. The summed E-state index contributed by atoms with van der Waals surface area (Å²) in [6.07, 6.45) is 3.94. The van der Waals surface area contributed by atoms with E-state index in [2.05, 4.69) is 10.6 Å². The largest absolute Gasteiger partial charge is 0.497 e. The van der Waals surface area contributed by atoms with Crippen molar-refractivity contribution in [2.75, 3.05) is 13.7 Å². The Morgan fingerprint density at radius 1 is 1.55 bits per heavy atom. The van der Waals surface area contributed by atoms with E-state index in [9.17, 15) is 4.79 Å². The van der Waals surface area contributed by atoms with E-state index >= 15 is 0 Å². The van der Waals surface area contributed by atoms with Crippen LogP contribution >= 0.6 is 0 Å². The van der Waals surface area contributed by atoms with Gasteiger partial charge in [-0.3, -0.25) is 4.79 Å². The quantitative estimate of drug-likeness (QED) is 0.839. The highest BCUT2D eigenvalue weighted by Crippen LogP contribution is 2.19. The standard InChI is InChI=1S/C16H24N2O2/c1-12(13-5-3-7-15(11-13)20-2)18-16(19)9-8-14-6-4-10-17-14/h3,5,7,11-12,14,17H,4,6,8-10H2,1-2H3,(H,18,19). The monoisotopic (exact) mass is 276 g/mol. The summed E-state index contributed by atoms with van der Waals surface area (Å²) >= 11 is 0. The third kappa shape index (κ3) is 4.23. The maximum absolute atomic E-state index is 12.0. The fourth-order valence-electron chi connectivity index (χ4n) is 2.62. The summed E-state index contributed by atoms with van der Waals surface area (Å²) in [4.78, 5) is 12.0. The van der Waals surface area contributed by atoms with E-state index in [0.29, 0.717) is 12.5 Å². The van der Waals surface area contributed by atoms with Crippen LogP contribution in [0.1, 0.15) is 44.2 Å². The van der Waals surface area contributed by atoms with Gasteiger partial charge in [-0.1, -0.05) is 12.1 Å². The molecule has 2 atom stereocenters. The number of hydrogen-bond donors (Lipinski definition) is 2. The molecule has 0 saturated carbocycles. The average molecular weight is 276 g/mol. The van der Waals surface area contributed by atoms with Crippen molar-refractivity contribution in [2.24, 2.45) is 0 Å². The molecule has 1 aliphatic rings. The van der Waals surface area contributed by atoms with Gasteiger partial charge in [0, 0.05) is 12.5 Å². The highest BCUT2D eigenvalue weighted by atomic mass is 16.5. The first-order valence-corrected chi connectivity index (χ1v) is 7.35. The smallest absolute Gasteiger partial charge is 0.220 e. The van der Waals surface area contributed by atoms with Gasteiger partial charge in [-0.05, 0) is 50.4 Å². The molecule has 1 amide bonds. The summed E-state index contributed by atoms with van der Waals surface area (Å²) in [5.74, 6) is 0.938. The van der Waals surface area contributed by atoms with E-state index in [4.69, 9.17) is 4.74 Å². The number of carbonyl (C=O) groups is 1. The van der Waals surface area contributed by atoms with E-state index in [0.717, 1.165) is 24.3 Å². The fraction of sp³-hybridized carbons (Fsp3) is 0.562. The SMILES string of the molecule is COc1cccc(C(C)NC(=O)CCC2CCCN2)c1. The van der Waals surface area contributed by atoms with Gasteiger partial charge in [0.2, 0.25) is 5.91 Å². The molecule has 1 aromatic carbocycles. The van der Waals surface area contributed by atoms with Crippen LogP contribution in [-0.2, 0) is 4.79 Å². The third-order valence-electron chi connectivity index (χ3n) is 3.85. The second kappa shape index (κ2) is 7.29. The number of hydrogen-bond acceptors (Lipinski definition) is 3. The summed E-state index contributed by atoms with van der Waals surface area (Å²) in [6, 6.07) is 8.35. The molecule has 2 N–H and O–H groups in total. The van der Waals surface area contributed by atoms with Crippen molar-refractivity contribution in [1.82, 2.24) is 10.6 Å². The van der Waals surface area contributed by atoms with Gasteiger partial charge < -0.3 is 15.4 Å². The number of nitrogens with one attached hydrogen (secondary N) is 2. The van der Waals surface area contributed by atoms with Crippen LogP contribution in [0.25, 0.3) is 0 Å². The molecule has 110 valence electrons. The van der Waals surface area contributed by atoms with Crippen molar-refractivity contribution in [3.8, 4) is 5.75 Å². The van der Waals surface area contributed by atoms with E-state index in [1.165, 1.54) is 12.8 Å². The lowest BCUT2D eigenvalue weighted by Gasteiger charge is -2.16. The van der Waals surface area contributed by atoms with E-state index in [1.54, 1.807) is 7.11 Å². The predicted octanol–water partition coefficient (Wildman–Crippen LogP) is 2.40. The highest BCUT2D eigenvalue weighted by molar-refractivity contribution is 5.76. The van der Waals surface area contributed by atoms with Gasteiger partial charge in [-0.2, -0.15) is 0 Å². The molecule has 0 radical (unpaired) electrons. The van der Waals surface area contributed by atoms with Crippen LogP contribution in [0, 0.1) is 0 Å². The van der Waals surface area contributed by atoms with E-state index in [-0.39, 0.29) is 11.9 Å². The number of amides is 1. The first-order chi connectivity index (χ1) is 9.69. The Balaban J connectivity index is 1.80. The van der Waals surface area contributed by atoms with Crippen LogP contribution < -0.4 is 15.4 Å². The van der Waals surface area contributed by atoms with Crippen LogP contribution in [-0.4, -0.2) is 25.6 Å². The van der Waals surface area contributed by atoms with Crippen LogP contribution in [0.15, 0.2) is 24.3 Å². The Morgan fingerprint density at radius 2 is 2.40 bits per heavy atom. The maximum Gasteiger partial charge on any atom is 0.220 e.